The minimum Gasteiger partial charge on any atom is -0.491 e. The van der Waals surface area contributed by atoms with Crippen LogP contribution in [0, 0.1) is 0 Å². The van der Waals surface area contributed by atoms with Crippen LogP contribution in [0.15, 0.2) is 48.8 Å². The molecule has 2 N–H and O–H groups in total. The van der Waals surface area contributed by atoms with Crippen LogP contribution in [0.25, 0.3) is 5.65 Å². The van der Waals surface area contributed by atoms with Crippen LogP contribution in [0.2, 0.25) is 0 Å². The van der Waals surface area contributed by atoms with E-state index in [0.717, 1.165) is 5.75 Å². The lowest BCUT2D eigenvalue weighted by atomic mass is 10.3. The third-order valence-corrected chi connectivity index (χ3v) is 2.87. The number of para-hydroxylation sites is 1. The fraction of sp³-hybridized carbons (Fsp3) is 0.214. The van der Waals surface area contributed by atoms with Crippen LogP contribution in [-0.2, 0) is 0 Å². The summed E-state index contributed by atoms with van der Waals surface area (Å²) >= 11 is 0. The van der Waals surface area contributed by atoms with Gasteiger partial charge in [0.2, 0.25) is 0 Å². The van der Waals surface area contributed by atoms with Gasteiger partial charge in [0.1, 0.15) is 30.6 Å². The zero-order valence-electron chi connectivity index (χ0n) is 11.3. The molecule has 108 valence electrons. The Morgan fingerprint density at radius 3 is 2.90 bits per heavy atom. The summed E-state index contributed by atoms with van der Waals surface area (Å²) in [7, 11) is 0. The van der Waals surface area contributed by atoms with Gasteiger partial charge in [0.25, 0.3) is 0 Å². The van der Waals surface area contributed by atoms with Crippen molar-refractivity contribution < 1.29 is 9.84 Å². The van der Waals surface area contributed by atoms with Crippen LogP contribution in [0.4, 0.5) is 5.82 Å². The second-order valence-electron chi connectivity index (χ2n) is 4.51. The molecular formula is C14H15N5O2. The number of aliphatic hydroxyl groups is 1. The number of rotatable bonds is 6. The number of hydrogen-bond donors (Lipinski definition) is 2. The second-order valence-corrected chi connectivity index (χ2v) is 4.51. The van der Waals surface area contributed by atoms with Gasteiger partial charge in [0, 0.05) is 6.54 Å². The first-order chi connectivity index (χ1) is 10.3. The molecule has 0 saturated heterocycles. The monoisotopic (exact) mass is 285 g/mol. The van der Waals surface area contributed by atoms with Crippen LogP contribution in [0.3, 0.4) is 0 Å². The predicted octanol–water partition coefficient (Wildman–Crippen LogP) is 0.976. The first-order valence-corrected chi connectivity index (χ1v) is 6.58. The van der Waals surface area contributed by atoms with Gasteiger partial charge in [-0.05, 0) is 24.3 Å². The summed E-state index contributed by atoms with van der Waals surface area (Å²) in [5.74, 6) is 1.38. The highest BCUT2D eigenvalue weighted by Crippen LogP contribution is 2.09. The molecule has 0 aliphatic carbocycles. The minimum absolute atomic E-state index is 0.214. The Bertz CT molecular complexity index is 701. The number of hydrogen-bond acceptors (Lipinski definition) is 6. The number of anilines is 1. The zero-order chi connectivity index (χ0) is 14.5. The van der Waals surface area contributed by atoms with Gasteiger partial charge in [-0.3, -0.25) is 0 Å². The highest BCUT2D eigenvalue weighted by atomic mass is 16.5. The summed E-state index contributed by atoms with van der Waals surface area (Å²) in [6.07, 6.45) is 0.888. The lowest BCUT2D eigenvalue weighted by Gasteiger charge is -2.13. The Hall–Kier alpha value is -2.67. The lowest BCUT2D eigenvalue weighted by Crippen LogP contribution is -2.26. The van der Waals surface area contributed by atoms with Gasteiger partial charge in [0.15, 0.2) is 5.65 Å². The molecule has 3 aromatic rings. The highest BCUT2D eigenvalue weighted by Gasteiger charge is 2.06. The van der Waals surface area contributed by atoms with E-state index in [1.54, 1.807) is 16.6 Å². The minimum atomic E-state index is -0.636. The molecule has 0 bridgehead atoms. The van der Waals surface area contributed by atoms with Gasteiger partial charge in [-0.25, -0.2) is 0 Å². The van der Waals surface area contributed by atoms with Crippen molar-refractivity contribution in [2.75, 3.05) is 18.5 Å². The van der Waals surface area contributed by atoms with Crippen molar-refractivity contribution in [1.82, 2.24) is 19.8 Å². The summed E-state index contributed by atoms with van der Waals surface area (Å²) in [5.41, 5.74) is 0.675. The molecule has 1 atom stereocenters. The van der Waals surface area contributed by atoms with E-state index in [0.29, 0.717) is 18.0 Å². The highest BCUT2D eigenvalue weighted by molar-refractivity contribution is 5.42. The van der Waals surface area contributed by atoms with Crippen molar-refractivity contribution in [2.45, 2.75) is 6.10 Å². The molecule has 0 spiro atoms. The molecule has 0 radical (unpaired) electrons. The summed E-state index contributed by atoms with van der Waals surface area (Å²) in [4.78, 5) is 0. The molecule has 0 aliphatic heterocycles. The Morgan fingerprint density at radius 2 is 2.05 bits per heavy atom. The van der Waals surface area contributed by atoms with Crippen LogP contribution in [-0.4, -0.2) is 44.2 Å². The number of fused-ring (bicyclic) bond motifs is 1. The maximum atomic E-state index is 9.90. The Labute approximate surface area is 121 Å². The smallest absolute Gasteiger partial charge is 0.177 e. The fourth-order valence-electron chi connectivity index (χ4n) is 1.81. The predicted molar refractivity (Wildman–Crippen MR) is 77.2 cm³/mol. The van der Waals surface area contributed by atoms with Crippen LogP contribution in [0.5, 0.6) is 5.75 Å². The van der Waals surface area contributed by atoms with Gasteiger partial charge in [-0.2, -0.15) is 4.52 Å². The van der Waals surface area contributed by atoms with Crippen LogP contribution < -0.4 is 10.1 Å². The first kappa shape index (κ1) is 13.3. The normalized spacial score (nSPS) is 12.2. The van der Waals surface area contributed by atoms with E-state index in [9.17, 15) is 5.11 Å². The third kappa shape index (κ3) is 3.46. The third-order valence-electron chi connectivity index (χ3n) is 2.87. The Balaban J connectivity index is 1.49. The summed E-state index contributed by atoms with van der Waals surface area (Å²) in [6, 6.07) is 13.0. The number of ether oxygens (including phenoxy) is 1. The van der Waals surface area contributed by atoms with E-state index in [4.69, 9.17) is 4.74 Å². The molecule has 1 aromatic carbocycles. The maximum Gasteiger partial charge on any atom is 0.177 e. The molecular weight excluding hydrogens is 270 g/mol. The molecule has 7 heteroatoms. The lowest BCUT2D eigenvalue weighted by molar-refractivity contribution is 0.117. The Morgan fingerprint density at radius 1 is 1.19 bits per heavy atom. The standard InChI is InChI=1S/C14H15N5O2/c20-11(9-21-12-4-2-1-3-5-12)8-15-13-6-7-14-17-16-10-19(14)18-13/h1-7,10-11,20H,8-9H2,(H,15,18). The molecule has 3 rings (SSSR count). The number of nitrogens with zero attached hydrogens (tertiary/aromatic N) is 4. The van der Waals surface area contributed by atoms with E-state index in [2.05, 4.69) is 20.6 Å². The molecule has 0 saturated carbocycles. The summed E-state index contributed by atoms with van der Waals surface area (Å²) in [5, 5.41) is 24.8. The molecule has 0 fully saturated rings. The van der Waals surface area contributed by atoms with Crippen molar-refractivity contribution in [1.29, 1.82) is 0 Å². The largest absolute Gasteiger partial charge is 0.491 e. The molecule has 0 amide bonds. The summed E-state index contributed by atoms with van der Waals surface area (Å²) < 4.78 is 7.04. The molecule has 2 heterocycles. The zero-order valence-corrected chi connectivity index (χ0v) is 11.3. The van der Waals surface area contributed by atoms with Gasteiger partial charge in [-0.15, -0.1) is 15.3 Å². The van der Waals surface area contributed by atoms with Gasteiger partial charge in [0.05, 0.1) is 0 Å². The number of aliphatic hydroxyl groups excluding tert-OH is 1. The van der Waals surface area contributed by atoms with Crippen LogP contribution in [0.1, 0.15) is 0 Å². The van der Waals surface area contributed by atoms with E-state index in [1.165, 1.54) is 6.33 Å². The van der Waals surface area contributed by atoms with Crippen LogP contribution >= 0.6 is 0 Å². The van der Waals surface area contributed by atoms with Crippen molar-refractivity contribution in [3.8, 4) is 5.75 Å². The van der Waals surface area contributed by atoms with E-state index in [1.807, 2.05) is 30.3 Å². The first-order valence-electron chi connectivity index (χ1n) is 6.58. The quantitative estimate of drug-likeness (QED) is 0.702. The maximum absolute atomic E-state index is 9.90. The number of nitrogens with one attached hydrogen (secondary N) is 1. The van der Waals surface area contributed by atoms with E-state index >= 15 is 0 Å². The molecule has 7 nitrogen and oxygen atoms in total. The fourth-order valence-corrected chi connectivity index (χ4v) is 1.81. The van der Waals surface area contributed by atoms with Gasteiger partial charge < -0.3 is 15.2 Å². The second kappa shape index (κ2) is 6.19. The molecule has 2 aromatic heterocycles. The SMILES string of the molecule is OC(CNc1ccc2nncn2n1)COc1ccccc1. The topological polar surface area (TPSA) is 84.6 Å². The number of aromatic nitrogens is 4. The van der Waals surface area contributed by atoms with Gasteiger partial charge in [-0.1, -0.05) is 18.2 Å². The average Bonchev–Trinajstić information content (AvgIpc) is 2.99. The molecule has 21 heavy (non-hydrogen) atoms. The number of benzene rings is 1. The van der Waals surface area contributed by atoms with Crippen molar-refractivity contribution in [3.63, 3.8) is 0 Å². The average molecular weight is 285 g/mol. The Kier molecular flexibility index (Phi) is 3.92. The molecule has 1 unspecified atom stereocenters. The van der Waals surface area contributed by atoms with Crippen molar-refractivity contribution >= 4 is 11.5 Å². The van der Waals surface area contributed by atoms with E-state index < -0.39 is 6.10 Å². The summed E-state index contributed by atoms with van der Waals surface area (Å²) in [6.45, 7) is 0.555. The van der Waals surface area contributed by atoms with Crippen molar-refractivity contribution in [2.24, 2.45) is 0 Å². The van der Waals surface area contributed by atoms with Crippen molar-refractivity contribution in [3.05, 3.63) is 48.8 Å². The van der Waals surface area contributed by atoms with E-state index in [-0.39, 0.29) is 6.61 Å². The van der Waals surface area contributed by atoms with Gasteiger partial charge >= 0.3 is 0 Å². The molecule has 0 aliphatic rings.